The number of nitrogens with zero attached hydrogens (tertiary/aromatic N) is 3. The Labute approximate surface area is 188 Å². The molecule has 32 heavy (non-hydrogen) atoms. The molecule has 7 nitrogen and oxygen atoms in total. The fourth-order valence-electron chi connectivity index (χ4n) is 4.25. The number of ether oxygens (including phenoxy) is 1. The van der Waals surface area contributed by atoms with Crippen LogP contribution >= 0.6 is 0 Å². The number of anilines is 2. The molecule has 2 fully saturated rings. The third kappa shape index (κ3) is 4.98. The van der Waals surface area contributed by atoms with E-state index in [0.717, 1.165) is 11.4 Å². The van der Waals surface area contributed by atoms with Gasteiger partial charge in [-0.05, 0) is 50.2 Å². The number of benzene rings is 2. The quantitative estimate of drug-likeness (QED) is 0.700. The van der Waals surface area contributed by atoms with Gasteiger partial charge >= 0.3 is 6.09 Å². The van der Waals surface area contributed by atoms with Gasteiger partial charge in [-0.25, -0.2) is 17.6 Å². The van der Waals surface area contributed by atoms with Crippen LogP contribution in [0.15, 0.2) is 48.5 Å². The van der Waals surface area contributed by atoms with Crippen LogP contribution in [0, 0.1) is 5.82 Å². The predicted molar refractivity (Wildman–Crippen MR) is 123 cm³/mol. The standard InChI is InChI=1S/C23H28FN3O4S/c1-17-16-27(18(2)15-26(17)20-8-6-19(24)7-9-20)23(28)31-22-5-3-4-21(14-22)25-10-12-32(29,30)13-11-25/h3-9,14,17-18H,10-13,15-16H2,1-2H3/t17-,18+/m1/s1. The van der Waals surface area contributed by atoms with E-state index in [1.54, 1.807) is 35.2 Å². The minimum absolute atomic E-state index is 0.0471. The molecule has 2 heterocycles. The number of carbonyl (C=O) groups excluding carboxylic acids is 1. The molecule has 172 valence electrons. The molecule has 9 heteroatoms. The first kappa shape index (κ1) is 22.4. The summed E-state index contributed by atoms with van der Waals surface area (Å²) in [6.07, 6.45) is -0.415. The summed E-state index contributed by atoms with van der Waals surface area (Å²) in [6.45, 7) is 5.96. The van der Waals surface area contributed by atoms with Crippen molar-refractivity contribution in [3.05, 3.63) is 54.3 Å². The highest BCUT2D eigenvalue weighted by Gasteiger charge is 2.33. The molecular weight excluding hydrogens is 433 g/mol. The Morgan fingerprint density at radius 2 is 1.66 bits per heavy atom. The normalized spacial score (nSPS) is 23.2. The average molecular weight is 462 g/mol. The Hall–Kier alpha value is -2.81. The van der Waals surface area contributed by atoms with Crippen LogP contribution < -0.4 is 14.5 Å². The second-order valence-electron chi connectivity index (χ2n) is 8.48. The average Bonchev–Trinajstić information content (AvgIpc) is 2.76. The summed E-state index contributed by atoms with van der Waals surface area (Å²) in [7, 11) is -2.96. The van der Waals surface area contributed by atoms with E-state index in [1.165, 1.54) is 12.1 Å². The topological polar surface area (TPSA) is 70.2 Å². The Kier molecular flexibility index (Phi) is 6.28. The van der Waals surface area contributed by atoms with Gasteiger partial charge in [-0.1, -0.05) is 6.07 Å². The van der Waals surface area contributed by atoms with Crippen LogP contribution in [-0.2, 0) is 9.84 Å². The molecule has 2 aromatic rings. The Bertz CT molecular complexity index is 1060. The Balaban J connectivity index is 1.40. The van der Waals surface area contributed by atoms with E-state index < -0.39 is 15.9 Å². The van der Waals surface area contributed by atoms with E-state index >= 15 is 0 Å². The van der Waals surface area contributed by atoms with Gasteiger partial charge in [0.1, 0.15) is 11.6 Å². The summed E-state index contributed by atoms with van der Waals surface area (Å²) in [6, 6.07) is 13.6. The van der Waals surface area contributed by atoms with Gasteiger partial charge < -0.3 is 19.4 Å². The Morgan fingerprint density at radius 1 is 0.969 bits per heavy atom. The minimum atomic E-state index is -2.96. The number of carbonyl (C=O) groups is 1. The van der Waals surface area contributed by atoms with Crippen LogP contribution in [0.2, 0.25) is 0 Å². The predicted octanol–water partition coefficient (Wildman–Crippen LogP) is 3.16. The molecule has 2 saturated heterocycles. The third-order valence-corrected chi connectivity index (χ3v) is 7.72. The molecule has 0 spiro atoms. The van der Waals surface area contributed by atoms with Crippen molar-refractivity contribution in [1.82, 2.24) is 4.90 Å². The fraction of sp³-hybridized carbons (Fsp3) is 0.435. The molecule has 0 saturated carbocycles. The van der Waals surface area contributed by atoms with Crippen LogP contribution in [-0.4, -0.2) is 69.2 Å². The third-order valence-electron chi connectivity index (χ3n) is 6.11. The lowest BCUT2D eigenvalue weighted by Crippen LogP contribution is -2.58. The number of hydrogen-bond donors (Lipinski definition) is 0. The highest BCUT2D eigenvalue weighted by Crippen LogP contribution is 2.26. The first-order valence-electron chi connectivity index (χ1n) is 10.8. The van der Waals surface area contributed by atoms with Crippen molar-refractivity contribution in [1.29, 1.82) is 0 Å². The van der Waals surface area contributed by atoms with E-state index in [4.69, 9.17) is 4.74 Å². The van der Waals surface area contributed by atoms with Crippen LogP contribution in [0.3, 0.4) is 0 Å². The van der Waals surface area contributed by atoms with Gasteiger partial charge in [0.05, 0.1) is 11.5 Å². The summed E-state index contributed by atoms with van der Waals surface area (Å²) >= 11 is 0. The van der Waals surface area contributed by atoms with Crippen LogP contribution in [0.1, 0.15) is 13.8 Å². The number of sulfone groups is 1. The maximum atomic E-state index is 13.3. The maximum Gasteiger partial charge on any atom is 0.415 e. The van der Waals surface area contributed by atoms with Crippen LogP contribution in [0.25, 0.3) is 0 Å². The van der Waals surface area contributed by atoms with E-state index in [-0.39, 0.29) is 29.4 Å². The van der Waals surface area contributed by atoms with Gasteiger partial charge in [-0.15, -0.1) is 0 Å². The lowest BCUT2D eigenvalue weighted by Gasteiger charge is -2.44. The number of amides is 1. The molecule has 2 aliphatic rings. The van der Waals surface area contributed by atoms with E-state index in [1.807, 2.05) is 24.8 Å². The number of piperazine rings is 1. The SMILES string of the molecule is C[C@@H]1CN(C(=O)Oc2cccc(N3CCS(=O)(=O)CC3)c2)[C@@H](C)CN1c1ccc(F)cc1. The lowest BCUT2D eigenvalue weighted by molar-refractivity contribution is 0.121. The first-order chi connectivity index (χ1) is 15.2. The van der Waals surface area contributed by atoms with Gasteiger partial charge in [0, 0.05) is 55.7 Å². The number of hydrogen-bond acceptors (Lipinski definition) is 6. The number of halogens is 1. The van der Waals surface area contributed by atoms with Gasteiger partial charge in [0.25, 0.3) is 0 Å². The molecule has 1 amide bonds. The van der Waals surface area contributed by atoms with Crippen LogP contribution in [0.5, 0.6) is 5.75 Å². The van der Waals surface area contributed by atoms with Gasteiger partial charge in [-0.3, -0.25) is 0 Å². The summed E-state index contributed by atoms with van der Waals surface area (Å²) < 4.78 is 42.3. The molecule has 2 aliphatic heterocycles. The van der Waals surface area contributed by atoms with E-state index in [9.17, 15) is 17.6 Å². The van der Waals surface area contributed by atoms with Crippen molar-refractivity contribution in [3.63, 3.8) is 0 Å². The van der Waals surface area contributed by atoms with Crippen molar-refractivity contribution in [2.75, 3.05) is 47.5 Å². The van der Waals surface area contributed by atoms with Crippen LogP contribution in [0.4, 0.5) is 20.6 Å². The monoisotopic (exact) mass is 461 g/mol. The number of rotatable bonds is 3. The Morgan fingerprint density at radius 3 is 2.34 bits per heavy atom. The summed E-state index contributed by atoms with van der Waals surface area (Å²) in [5.41, 5.74) is 1.77. The zero-order valence-corrected chi connectivity index (χ0v) is 19.1. The molecular formula is C23H28FN3O4S. The zero-order chi connectivity index (χ0) is 22.9. The summed E-state index contributed by atoms with van der Waals surface area (Å²) in [5.74, 6) is 0.419. The van der Waals surface area contributed by atoms with Crippen molar-refractivity contribution in [2.24, 2.45) is 0 Å². The van der Waals surface area contributed by atoms with Gasteiger partial charge in [0.2, 0.25) is 0 Å². The molecule has 0 radical (unpaired) electrons. The van der Waals surface area contributed by atoms with Crippen molar-refractivity contribution < 1.29 is 22.3 Å². The van der Waals surface area contributed by atoms with Crippen molar-refractivity contribution in [3.8, 4) is 5.75 Å². The van der Waals surface area contributed by atoms with Gasteiger partial charge in [-0.2, -0.15) is 0 Å². The molecule has 0 aliphatic carbocycles. The molecule has 2 atom stereocenters. The second-order valence-corrected chi connectivity index (χ2v) is 10.8. The summed E-state index contributed by atoms with van der Waals surface area (Å²) in [5, 5.41) is 0. The molecule has 0 N–H and O–H groups in total. The van der Waals surface area contributed by atoms with E-state index in [0.29, 0.717) is 31.9 Å². The molecule has 2 aromatic carbocycles. The molecule has 4 rings (SSSR count). The second kappa shape index (κ2) is 8.97. The maximum absolute atomic E-state index is 13.3. The summed E-state index contributed by atoms with van der Waals surface area (Å²) in [4.78, 5) is 18.8. The van der Waals surface area contributed by atoms with Crippen molar-refractivity contribution >= 4 is 27.3 Å². The minimum Gasteiger partial charge on any atom is -0.410 e. The first-order valence-corrected chi connectivity index (χ1v) is 12.6. The zero-order valence-electron chi connectivity index (χ0n) is 18.3. The molecule has 0 bridgehead atoms. The smallest absolute Gasteiger partial charge is 0.410 e. The highest BCUT2D eigenvalue weighted by molar-refractivity contribution is 7.91. The molecule has 0 unspecified atom stereocenters. The van der Waals surface area contributed by atoms with Gasteiger partial charge in [0.15, 0.2) is 9.84 Å². The molecule has 0 aromatic heterocycles. The highest BCUT2D eigenvalue weighted by atomic mass is 32.2. The van der Waals surface area contributed by atoms with Crippen molar-refractivity contribution in [2.45, 2.75) is 25.9 Å². The van der Waals surface area contributed by atoms with E-state index in [2.05, 4.69) is 4.90 Å². The lowest BCUT2D eigenvalue weighted by atomic mass is 10.1. The largest absolute Gasteiger partial charge is 0.415 e. The fourth-order valence-corrected chi connectivity index (χ4v) is 5.45.